The van der Waals surface area contributed by atoms with Crippen molar-refractivity contribution in [1.29, 1.82) is 0 Å². The lowest BCUT2D eigenvalue weighted by Gasteiger charge is -2.30. The number of aryl methyl sites for hydroxylation is 1. The van der Waals surface area contributed by atoms with Gasteiger partial charge in [0.2, 0.25) is 0 Å². The first-order valence-electron chi connectivity index (χ1n) is 6.75. The van der Waals surface area contributed by atoms with Crippen LogP contribution in [-0.4, -0.2) is 25.9 Å². The molecule has 2 atom stereocenters. The van der Waals surface area contributed by atoms with Gasteiger partial charge in [0.05, 0.1) is 18.9 Å². The predicted octanol–water partition coefficient (Wildman–Crippen LogP) is 3.37. The number of nitrogens with one attached hydrogen (secondary N) is 1. The van der Waals surface area contributed by atoms with E-state index in [9.17, 15) is 0 Å². The maximum atomic E-state index is 5.70. The van der Waals surface area contributed by atoms with Crippen LogP contribution in [0.3, 0.4) is 0 Å². The summed E-state index contributed by atoms with van der Waals surface area (Å²) in [7, 11) is 1.72. The Bertz CT molecular complexity index is 392. The standard InChI is InChI=1S/C15H23NO2/c1-4-13-10-12(7-8-18-13)16-14-9-11(2)5-6-15(14)17-3/h5-6,9,12-13,16H,4,7-8,10H2,1-3H3. The van der Waals surface area contributed by atoms with Crippen molar-refractivity contribution in [2.45, 2.75) is 45.3 Å². The van der Waals surface area contributed by atoms with Crippen molar-refractivity contribution in [3.05, 3.63) is 23.8 Å². The van der Waals surface area contributed by atoms with E-state index in [0.29, 0.717) is 12.1 Å². The maximum Gasteiger partial charge on any atom is 0.141 e. The van der Waals surface area contributed by atoms with Gasteiger partial charge in [-0.1, -0.05) is 13.0 Å². The van der Waals surface area contributed by atoms with Gasteiger partial charge in [-0.3, -0.25) is 0 Å². The SMILES string of the molecule is CCC1CC(Nc2cc(C)ccc2OC)CCO1. The lowest BCUT2D eigenvalue weighted by atomic mass is 10.0. The van der Waals surface area contributed by atoms with Crippen molar-refractivity contribution in [3.8, 4) is 5.75 Å². The van der Waals surface area contributed by atoms with Gasteiger partial charge >= 0.3 is 0 Å². The van der Waals surface area contributed by atoms with Gasteiger partial charge in [-0.25, -0.2) is 0 Å². The first kappa shape index (κ1) is 13.2. The van der Waals surface area contributed by atoms with E-state index >= 15 is 0 Å². The number of benzene rings is 1. The second-order valence-corrected chi connectivity index (χ2v) is 4.97. The molecule has 0 spiro atoms. The Morgan fingerprint density at radius 1 is 1.44 bits per heavy atom. The second-order valence-electron chi connectivity index (χ2n) is 4.97. The average Bonchev–Trinajstić information content (AvgIpc) is 2.39. The molecular weight excluding hydrogens is 226 g/mol. The van der Waals surface area contributed by atoms with Crippen LogP contribution >= 0.6 is 0 Å². The topological polar surface area (TPSA) is 30.5 Å². The lowest BCUT2D eigenvalue weighted by Crippen LogP contribution is -2.33. The summed E-state index contributed by atoms with van der Waals surface area (Å²) in [4.78, 5) is 0. The molecule has 3 nitrogen and oxygen atoms in total. The van der Waals surface area contributed by atoms with Crippen molar-refractivity contribution in [2.75, 3.05) is 19.0 Å². The summed E-state index contributed by atoms with van der Waals surface area (Å²) in [6, 6.07) is 6.73. The molecule has 0 aromatic heterocycles. The highest BCUT2D eigenvalue weighted by molar-refractivity contribution is 5.58. The third-order valence-corrected chi connectivity index (χ3v) is 3.54. The van der Waals surface area contributed by atoms with E-state index in [1.807, 2.05) is 6.07 Å². The fraction of sp³-hybridized carbons (Fsp3) is 0.600. The van der Waals surface area contributed by atoms with Gasteiger partial charge in [-0.15, -0.1) is 0 Å². The zero-order chi connectivity index (χ0) is 13.0. The highest BCUT2D eigenvalue weighted by Gasteiger charge is 2.21. The lowest BCUT2D eigenvalue weighted by molar-refractivity contribution is 0.00923. The van der Waals surface area contributed by atoms with E-state index in [2.05, 4.69) is 31.3 Å². The fourth-order valence-electron chi connectivity index (χ4n) is 2.45. The molecule has 2 unspecified atom stereocenters. The Morgan fingerprint density at radius 2 is 2.28 bits per heavy atom. The molecule has 1 heterocycles. The zero-order valence-electron chi connectivity index (χ0n) is 11.5. The van der Waals surface area contributed by atoms with Crippen LogP contribution in [-0.2, 0) is 4.74 Å². The van der Waals surface area contributed by atoms with Crippen molar-refractivity contribution < 1.29 is 9.47 Å². The van der Waals surface area contributed by atoms with E-state index in [4.69, 9.17) is 9.47 Å². The first-order valence-corrected chi connectivity index (χ1v) is 6.75. The van der Waals surface area contributed by atoms with Crippen LogP contribution in [0.4, 0.5) is 5.69 Å². The smallest absolute Gasteiger partial charge is 0.141 e. The van der Waals surface area contributed by atoms with Gasteiger partial charge in [-0.2, -0.15) is 0 Å². The first-order chi connectivity index (χ1) is 8.72. The van der Waals surface area contributed by atoms with Crippen molar-refractivity contribution >= 4 is 5.69 Å². The molecule has 2 rings (SSSR count). The van der Waals surface area contributed by atoms with Gasteiger partial charge in [0.15, 0.2) is 0 Å². The summed E-state index contributed by atoms with van der Waals surface area (Å²) in [5.74, 6) is 0.917. The molecule has 1 saturated heterocycles. The van der Waals surface area contributed by atoms with Crippen LogP contribution in [0.1, 0.15) is 31.7 Å². The van der Waals surface area contributed by atoms with Gasteiger partial charge in [0, 0.05) is 12.6 Å². The van der Waals surface area contributed by atoms with Crippen LogP contribution in [0.25, 0.3) is 0 Å². The van der Waals surface area contributed by atoms with Gasteiger partial charge in [0.1, 0.15) is 5.75 Å². The molecule has 0 amide bonds. The van der Waals surface area contributed by atoms with Crippen LogP contribution in [0.5, 0.6) is 5.75 Å². The largest absolute Gasteiger partial charge is 0.495 e. The minimum Gasteiger partial charge on any atom is -0.495 e. The zero-order valence-corrected chi connectivity index (χ0v) is 11.5. The summed E-state index contributed by atoms with van der Waals surface area (Å²) >= 11 is 0. The van der Waals surface area contributed by atoms with E-state index in [0.717, 1.165) is 37.3 Å². The molecular formula is C15H23NO2. The minimum absolute atomic E-state index is 0.395. The number of ether oxygens (including phenoxy) is 2. The van der Waals surface area contributed by atoms with Crippen LogP contribution in [0.2, 0.25) is 0 Å². The fourth-order valence-corrected chi connectivity index (χ4v) is 2.45. The number of methoxy groups -OCH3 is 1. The summed E-state index contributed by atoms with van der Waals surface area (Å²) in [5, 5.41) is 3.60. The van der Waals surface area contributed by atoms with E-state index in [-0.39, 0.29) is 0 Å². The van der Waals surface area contributed by atoms with Crippen molar-refractivity contribution in [1.82, 2.24) is 0 Å². The molecule has 3 heteroatoms. The quantitative estimate of drug-likeness (QED) is 0.887. The Kier molecular flexibility index (Phi) is 4.48. The second kappa shape index (κ2) is 6.10. The highest BCUT2D eigenvalue weighted by Crippen LogP contribution is 2.28. The molecule has 1 aromatic carbocycles. The number of hydrogen-bond acceptors (Lipinski definition) is 3. The molecule has 0 bridgehead atoms. The van der Waals surface area contributed by atoms with Gasteiger partial charge < -0.3 is 14.8 Å². The summed E-state index contributed by atoms with van der Waals surface area (Å²) in [6.07, 6.45) is 3.62. The third-order valence-electron chi connectivity index (χ3n) is 3.54. The molecule has 0 aliphatic carbocycles. The maximum absolute atomic E-state index is 5.70. The minimum atomic E-state index is 0.395. The summed E-state index contributed by atoms with van der Waals surface area (Å²) < 4.78 is 11.1. The third kappa shape index (κ3) is 3.16. The molecule has 1 fully saturated rings. The molecule has 1 aliphatic rings. The molecule has 0 saturated carbocycles. The highest BCUT2D eigenvalue weighted by atomic mass is 16.5. The number of hydrogen-bond donors (Lipinski definition) is 1. The number of anilines is 1. The van der Waals surface area contributed by atoms with Crippen LogP contribution in [0.15, 0.2) is 18.2 Å². The molecule has 1 N–H and O–H groups in total. The molecule has 1 aliphatic heterocycles. The Morgan fingerprint density at radius 3 is 3.00 bits per heavy atom. The predicted molar refractivity (Wildman–Crippen MR) is 74.4 cm³/mol. The monoisotopic (exact) mass is 249 g/mol. The van der Waals surface area contributed by atoms with Crippen LogP contribution in [0, 0.1) is 6.92 Å². The summed E-state index contributed by atoms with van der Waals surface area (Å²) in [6.45, 7) is 5.13. The molecule has 1 aromatic rings. The van der Waals surface area contributed by atoms with Gasteiger partial charge in [-0.05, 0) is 43.9 Å². The Balaban J connectivity index is 2.06. The van der Waals surface area contributed by atoms with Crippen molar-refractivity contribution in [2.24, 2.45) is 0 Å². The number of rotatable bonds is 4. The average molecular weight is 249 g/mol. The van der Waals surface area contributed by atoms with Gasteiger partial charge in [0.25, 0.3) is 0 Å². The van der Waals surface area contributed by atoms with Crippen molar-refractivity contribution in [3.63, 3.8) is 0 Å². The van der Waals surface area contributed by atoms with Crippen LogP contribution < -0.4 is 10.1 Å². The molecule has 18 heavy (non-hydrogen) atoms. The Labute approximate surface area is 109 Å². The van der Waals surface area contributed by atoms with E-state index in [1.165, 1.54) is 5.56 Å². The Hall–Kier alpha value is -1.22. The summed E-state index contributed by atoms with van der Waals surface area (Å²) in [5.41, 5.74) is 2.34. The molecule has 0 radical (unpaired) electrons. The molecule has 100 valence electrons. The normalized spacial score (nSPS) is 23.7. The van der Waals surface area contributed by atoms with E-state index in [1.54, 1.807) is 7.11 Å². The van der Waals surface area contributed by atoms with E-state index < -0.39 is 0 Å².